The Morgan fingerprint density at radius 2 is 1.94 bits per heavy atom. The predicted molar refractivity (Wildman–Crippen MR) is 67.8 cm³/mol. The molecule has 1 aromatic rings. The molecular formula is C15H19LiO. The zero-order valence-electron chi connectivity index (χ0n) is 11.1. The van der Waals surface area contributed by atoms with Crippen LogP contribution in [-0.2, 0) is 10.3 Å². The van der Waals surface area contributed by atoms with Crippen molar-refractivity contribution in [3.8, 4) is 11.8 Å². The average Bonchev–Trinajstić information content (AvgIpc) is 2.35. The van der Waals surface area contributed by atoms with Crippen LogP contribution in [0.4, 0.5) is 0 Å². The summed E-state index contributed by atoms with van der Waals surface area (Å²) in [5, 5.41) is 0. The Kier molecular flexibility index (Phi) is 8.10. The summed E-state index contributed by atoms with van der Waals surface area (Å²) in [5.41, 5.74) is 0.599. The standard InChI is InChI=1S/C15H19O.Li/c1-4-5-6-10-13-15(2,16-3)14-11-8-7-9-12-14;/h7-9,11-12H,1,4-6H2,2-3H3;/q-1;+1. The van der Waals surface area contributed by atoms with Crippen molar-refractivity contribution in [2.75, 3.05) is 7.11 Å². The molecule has 0 fully saturated rings. The van der Waals surface area contributed by atoms with Crippen molar-refractivity contribution in [2.24, 2.45) is 0 Å². The summed E-state index contributed by atoms with van der Waals surface area (Å²) in [4.78, 5) is 0. The van der Waals surface area contributed by atoms with Crippen molar-refractivity contribution in [1.29, 1.82) is 0 Å². The summed E-state index contributed by atoms with van der Waals surface area (Å²) < 4.78 is 5.51. The molecule has 0 aliphatic carbocycles. The Bertz CT molecular complexity index is 364. The fourth-order valence-electron chi connectivity index (χ4n) is 1.44. The summed E-state index contributed by atoms with van der Waals surface area (Å²) >= 11 is 0. The SMILES string of the molecule is [CH2-]CCCC#CC(C)(OC)c1ccccc1.[Li+]. The van der Waals surface area contributed by atoms with E-state index in [0.717, 1.165) is 24.8 Å². The first-order valence-electron chi connectivity index (χ1n) is 5.63. The average molecular weight is 222 g/mol. The van der Waals surface area contributed by atoms with E-state index in [2.05, 4.69) is 18.8 Å². The van der Waals surface area contributed by atoms with Crippen molar-refractivity contribution in [1.82, 2.24) is 0 Å². The van der Waals surface area contributed by atoms with E-state index >= 15 is 0 Å². The van der Waals surface area contributed by atoms with Gasteiger partial charge < -0.3 is 11.7 Å². The summed E-state index contributed by atoms with van der Waals surface area (Å²) in [7, 11) is 1.70. The summed E-state index contributed by atoms with van der Waals surface area (Å²) in [5.74, 6) is 6.36. The molecule has 0 aliphatic rings. The van der Waals surface area contributed by atoms with Crippen molar-refractivity contribution >= 4 is 0 Å². The molecule has 0 aliphatic heterocycles. The zero-order valence-corrected chi connectivity index (χ0v) is 11.1. The Morgan fingerprint density at radius 1 is 1.29 bits per heavy atom. The van der Waals surface area contributed by atoms with Crippen LogP contribution in [0.2, 0.25) is 0 Å². The Morgan fingerprint density at radius 3 is 2.47 bits per heavy atom. The molecule has 0 heterocycles. The maximum absolute atomic E-state index is 5.51. The molecule has 0 radical (unpaired) electrons. The van der Waals surface area contributed by atoms with E-state index < -0.39 is 5.60 Å². The number of hydrogen-bond acceptors (Lipinski definition) is 1. The topological polar surface area (TPSA) is 9.23 Å². The smallest absolute Gasteiger partial charge is 0.362 e. The molecule has 1 rings (SSSR count). The molecule has 0 spiro atoms. The molecule has 1 unspecified atom stereocenters. The quantitative estimate of drug-likeness (QED) is 0.313. The first kappa shape index (κ1) is 16.3. The minimum atomic E-state index is -0.498. The van der Waals surface area contributed by atoms with E-state index in [1.165, 1.54) is 0 Å². The van der Waals surface area contributed by atoms with Crippen molar-refractivity contribution in [2.45, 2.75) is 31.8 Å². The van der Waals surface area contributed by atoms with E-state index in [-0.39, 0.29) is 18.9 Å². The fraction of sp³-hybridized carbons (Fsp3) is 0.400. The third-order valence-corrected chi connectivity index (χ3v) is 2.61. The van der Waals surface area contributed by atoms with E-state index in [0.29, 0.717) is 0 Å². The van der Waals surface area contributed by atoms with Crippen LogP contribution in [0.5, 0.6) is 0 Å². The van der Waals surface area contributed by atoms with Gasteiger partial charge in [0.15, 0.2) is 5.60 Å². The van der Waals surface area contributed by atoms with Gasteiger partial charge in [-0.25, -0.2) is 0 Å². The van der Waals surface area contributed by atoms with Gasteiger partial charge in [-0.3, -0.25) is 0 Å². The number of methoxy groups -OCH3 is 1. The molecule has 1 aromatic carbocycles. The third kappa shape index (κ3) is 5.01. The fourth-order valence-corrected chi connectivity index (χ4v) is 1.44. The molecule has 86 valence electrons. The number of rotatable bonds is 4. The van der Waals surface area contributed by atoms with E-state index in [1.807, 2.05) is 37.3 Å². The maximum atomic E-state index is 5.51. The Labute approximate surface area is 117 Å². The van der Waals surface area contributed by atoms with Crippen molar-refractivity contribution < 1.29 is 23.6 Å². The van der Waals surface area contributed by atoms with Gasteiger partial charge in [0.05, 0.1) is 0 Å². The van der Waals surface area contributed by atoms with Gasteiger partial charge in [-0.1, -0.05) is 42.7 Å². The van der Waals surface area contributed by atoms with Crippen LogP contribution in [0.15, 0.2) is 30.3 Å². The minimum Gasteiger partial charge on any atom is -0.362 e. The molecule has 17 heavy (non-hydrogen) atoms. The van der Waals surface area contributed by atoms with Gasteiger partial charge in [0.25, 0.3) is 0 Å². The molecule has 0 saturated heterocycles. The van der Waals surface area contributed by atoms with E-state index in [1.54, 1.807) is 7.11 Å². The summed E-state index contributed by atoms with van der Waals surface area (Å²) in [6, 6.07) is 10.1. The second kappa shape index (κ2) is 8.43. The van der Waals surface area contributed by atoms with Gasteiger partial charge in [0, 0.05) is 13.5 Å². The second-order valence-electron chi connectivity index (χ2n) is 3.86. The normalized spacial score (nSPS) is 12.9. The Balaban J connectivity index is 0.00000256. The van der Waals surface area contributed by atoms with Crippen LogP contribution in [0.25, 0.3) is 0 Å². The van der Waals surface area contributed by atoms with Gasteiger partial charge in [0.2, 0.25) is 0 Å². The summed E-state index contributed by atoms with van der Waals surface area (Å²) in [6.45, 7) is 5.80. The molecule has 2 heteroatoms. The van der Waals surface area contributed by atoms with Crippen LogP contribution in [0.3, 0.4) is 0 Å². The van der Waals surface area contributed by atoms with E-state index in [9.17, 15) is 0 Å². The van der Waals surface area contributed by atoms with Crippen molar-refractivity contribution in [3.63, 3.8) is 0 Å². The van der Waals surface area contributed by atoms with Gasteiger partial charge in [-0.2, -0.15) is 6.42 Å². The van der Waals surface area contributed by atoms with E-state index in [4.69, 9.17) is 4.74 Å². The third-order valence-electron chi connectivity index (χ3n) is 2.61. The molecule has 0 aromatic heterocycles. The van der Waals surface area contributed by atoms with Gasteiger partial charge in [-0.15, -0.1) is 5.92 Å². The molecule has 0 N–H and O–H groups in total. The molecule has 0 bridgehead atoms. The number of hydrogen-bond donors (Lipinski definition) is 0. The van der Waals surface area contributed by atoms with Crippen LogP contribution >= 0.6 is 0 Å². The zero-order chi connectivity index (χ0) is 11.9. The molecule has 1 atom stereocenters. The van der Waals surface area contributed by atoms with Crippen LogP contribution in [0.1, 0.15) is 31.7 Å². The van der Waals surface area contributed by atoms with Crippen LogP contribution < -0.4 is 18.9 Å². The number of benzene rings is 1. The maximum Gasteiger partial charge on any atom is 1.00 e. The molecular weight excluding hydrogens is 203 g/mol. The first-order chi connectivity index (χ1) is 7.73. The number of unbranched alkanes of at least 4 members (excludes halogenated alkanes) is 2. The number of ether oxygens (including phenoxy) is 1. The van der Waals surface area contributed by atoms with Crippen LogP contribution in [0, 0.1) is 18.8 Å². The van der Waals surface area contributed by atoms with Gasteiger partial charge >= 0.3 is 18.9 Å². The van der Waals surface area contributed by atoms with Crippen molar-refractivity contribution in [3.05, 3.63) is 42.8 Å². The largest absolute Gasteiger partial charge is 1.00 e. The monoisotopic (exact) mass is 222 g/mol. The van der Waals surface area contributed by atoms with Gasteiger partial charge in [-0.05, 0) is 12.5 Å². The van der Waals surface area contributed by atoms with Crippen LogP contribution in [-0.4, -0.2) is 7.11 Å². The molecule has 0 saturated carbocycles. The first-order valence-corrected chi connectivity index (χ1v) is 5.63. The Hall–Kier alpha value is -0.663. The predicted octanol–water partition coefficient (Wildman–Crippen LogP) is 0.560. The second-order valence-corrected chi connectivity index (χ2v) is 3.86. The summed E-state index contributed by atoms with van der Waals surface area (Å²) in [6.07, 6.45) is 2.86. The minimum absolute atomic E-state index is 0. The molecule has 1 nitrogen and oxygen atoms in total. The van der Waals surface area contributed by atoms with Gasteiger partial charge in [0.1, 0.15) is 0 Å². The molecule has 0 amide bonds.